The summed E-state index contributed by atoms with van der Waals surface area (Å²) in [7, 11) is -2.93. The zero-order chi connectivity index (χ0) is 15.5. The van der Waals surface area contributed by atoms with Gasteiger partial charge in [0.1, 0.15) is 10.7 Å². The van der Waals surface area contributed by atoms with Gasteiger partial charge in [0, 0.05) is 19.2 Å². The second kappa shape index (κ2) is 5.94. The van der Waals surface area contributed by atoms with Crippen molar-refractivity contribution in [2.24, 2.45) is 0 Å². The largest absolute Gasteiger partial charge is 0.272 e. The van der Waals surface area contributed by atoms with E-state index in [1.807, 2.05) is 6.07 Å². The molecule has 0 aliphatic heterocycles. The van der Waals surface area contributed by atoms with Crippen molar-refractivity contribution in [1.29, 1.82) is 5.26 Å². The summed E-state index contributed by atoms with van der Waals surface area (Å²) in [6.45, 7) is 1.50. The maximum Gasteiger partial charge on any atom is 0.272 e. The van der Waals surface area contributed by atoms with Crippen LogP contribution in [0.1, 0.15) is 13.3 Å². The Labute approximate surface area is 115 Å². The van der Waals surface area contributed by atoms with E-state index in [1.165, 1.54) is 14.0 Å². The zero-order valence-electron chi connectivity index (χ0n) is 10.8. The summed E-state index contributed by atoms with van der Waals surface area (Å²) >= 11 is 0. The van der Waals surface area contributed by atoms with Gasteiger partial charge in [-0.1, -0.05) is 0 Å². The predicted molar refractivity (Wildman–Crippen MR) is 67.7 cm³/mol. The number of sulfonamides is 1. The van der Waals surface area contributed by atoms with Gasteiger partial charge in [0.25, 0.3) is 5.69 Å². The predicted octanol–water partition coefficient (Wildman–Crippen LogP) is 1.66. The summed E-state index contributed by atoms with van der Waals surface area (Å²) in [5.41, 5.74) is -0.533. The molecule has 1 unspecified atom stereocenters. The molecule has 0 aliphatic rings. The lowest BCUT2D eigenvalue weighted by Gasteiger charge is -2.22. The maximum absolute atomic E-state index is 13.7. The number of hydrogen-bond acceptors (Lipinski definition) is 5. The van der Waals surface area contributed by atoms with Gasteiger partial charge in [0.2, 0.25) is 10.0 Å². The summed E-state index contributed by atoms with van der Waals surface area (Å²) in [4.78, 5) is 9.01. The first-order chi connectivity index (χ1) is 9.21. The van der Waals surface area contributed by atoms with Crippen LogP contribution in [0.2, 0.25) is 0 Å². The third-order valence-corrected chi connectivity index (χ3v) is 4.80. The topological polar surface area (TPSA) is 104 Å². The summed E-state index contributed by atoms with van der Waals surface area (Å²) < 4.78 is 38.9. The lowest BCUT2D eigenvalue weighted by atomic mass is 10.3. The molecule has 7 nitrogen and oxygen atoms in total. The minimum Gasteiger partial charge on any atom is -0.258 e. The van der Waals surface area contributed by atoms with Gasteiger partial charge in [-0.05, 0) is 13.0 Å². The molecule has 9 heteroatoms. The van der Waals surface area contributed by atoms with Crippen molar-refractivity contribution in [3.63, 3.8) is 0 Å². The third kappa shape index (κ3) is 3.09. The molecular formula is C11H12FN3O4S. The fourth-order valence-electron chi connectivity index (χ4n) is 1.47. The first kappa shape index (κ1) is 16.0. The molecule has 0 bridgehead atoms. The molecule has 0 aliphatic carbocycles. The summed E-state index contributed by atoms with van der Waals surface area (Å²) in [5.74, 6) is -1.20. The van der Waals surface area contributed by atoms with E-state index in [0.29, 0.717) is 6.07 Å². The standard InChI is InChI=1S/C11H12FN3O4S/c1-8(5-6-13)14(2)20(18,19)11-4-3-9(15(16)17)7-10(11)12/h3-4,7-8H,5H2,1-2H3. The van der Waals surface area contributed by atoms with Crippen molar-refractivity contribution >= 4 is 15.7 Å². The van der Waals surface area contributed by atoms with Crippen molar-refractivity contribution in [2.75, 3.05) is 7.05 Å². The van der Waals surface area contributed by atoms with E-state index in [2.05, 4.69) is 0 Å². The molecule has 0 fully saturated rings. The fraction of sp³-hybridized carbons (Fsp3) is 0.364. The average molecular weight is 301 g/mol. The van der Waals surface area contributed by atoms with E-state index in [0.717, 1.165) is 16.4 Å². The van der Waals surface area contributed by atoms with Crippen molar-refractivity contribution in [1.82, 2.24) is 4.31 Å². The zero-order valence-corrected chi connectivity index (χ0v) is 11.6. The lowest BCUT2D eigenvalue weighted by molar-refractivity contribution is -0.385. The number of non-ortho nitro benzene ring substituents is 1. The van der Waals surface area contributed by atoms with Crippen LogP contribution in [0.4, 0.5) is 10.1 Å². The van der Waals surface area contributed by atoms with E-state index in [9.17, 15) is 22.9 Å². The van der Waals surface area contributed by atoms with Gasteiger partial charge >= 0.3 is 0 Å². The van der Waals surface area contributed by atoms with E-state index < -0.39 is 37.4 Å². The number of nitro benzene ring substituents is 1. The van der Waals surface area contributed by atoms with Crippen LogP contribution in [0.3, 0.4) is 0 Å². The molecule has 1 rings (SSSR count). The summed E-state index contributed by atoms with van der Waals surface area (Å²) in [6.07, 6.45) is -0.0513. The van der Waals surface area contributed by atoms with Crippen LogP contribution >= 0.6 is 0 Å². The smallest absolute Gasteiger partial charge is 0.258 e. The first-order valence-corrected chi connectivity index (χ1v) is 6.94. The van der Waals surface area contributed by atoms with Crippen molar-refractivity contribution in [2.45, 2.75) is 24.3 Å². The van der Waals surface area contributed by atoms with Gasteiger partial charge in [-0.25, -0.2) is 12.8 Å². The number of halogens is 1. The number of nitro groups is 1. The van der Waals surface area contributed by atoms with Crippen LogP contribution in [0.15, 0.2) is 23.1 Å². The average Bonchev–Trinajstić information content (AvgIpc) is 2.37. The number of nitrogens with zero attached hydrogens (tertiary/aromatic N) is 3. The molecule has 1 aromatic carbocycles. The van der Waals surface area contributed by atoms with Crippen molar-refractivity contribution < 1.29 is 17.7 Å². The van der Waals surface area contributed by atoms with Gasteiger partial charge in [0.05, 0.1) is 23.5 Å². The van der Waals surface area contributed by atoms with Gasteiger partial charge in [0.15, 0.2) is 0 Å². The van der Waals surface area contributed by atoms with Crippen LogP contribution in [-0.2, 0) is 10.0 Å². The number of nitriles is 1. The SMILES string of the molecule is CC(CC#N)N(C)S(=O)(=O)c1ccc([N+](=O)[O-])cc1F. The maximum atomic E-state index is 13.7. The van der Waals surface area contributed by atoms with Crippen LogP contribution in [0.5, 0.6) is 0 Å². The van der Waals surface area contributed by atoms with E-state index in [1.54, 1.807) is 0 Å². The normalized spacial score (nSPS) is 12.9. The monoisotopic (exact) mass is 301 g/mol. The molecule has 0 radical (unpaired) electrons. The Kier molecular flexibility index (Phi) is 4.75. The highest BCUT2D eigenvalue weighted by molar-refractivity contribution is 7.89. The van der Waals surface area contributed by atoms with Gasteiger partial charge in [-0.3, -0.25) is 10.1 Å². The summed E-state index contributed by atoms with van der Waals surface area (Å²) in [6, 6.07) is 3.49. The van der Waals surface area contributed by atoms with Crippen LogP contribution < -0.4 is 0 Å². The Morgan fingerprint density at radius 1 is 1.55 bits per heavy atom. The second-order valence-corrected chi connectivity index (χ2v) is 6.07. The molecule has 0 saturated heterocycles. The molecule has 108 valence electrons. The Morgan fingerprint density at radius 2 is 2.15 bits per heavy atom. The molecule has 0 spiro atoms. The molecule has 1 aromatic rings. The minimum atomic E-state index is -4.15. The van der Waals surface area contributed by atoms with Crippen LogP contribution in [0, 0.1) is 27.3 Å². The van der Waals surface area contributed by atoms with E-state index >= 15 is 0 Å². The molecule has 0 aromatic heterocycles. The number of hydrogen-bond donors (Lipinski definition) is 0. The van der Waals surface area contributed by atoms with E-state index in [-0.39, 0.29) is 6.42 Å². The molecule has 1 atom stereocenters. The third-order valence-electron chi connectivity index (χ3n) is 2.79. The van der Waals surface area contributed by atoms with Gasteiger partial charge < -0.3 is 0 Å². The molecule has 0 saturated carbocycles. The Bertz CT molecular complexity index is 669. The minimum absolute atomic E-state index is 0.0513. The molecular weight excluding hydrogens is 289 g/mol. The highest BCUT2D eigenvalue weighted by Crippen LogP contribution is 2.24. The van der Waals surface area contributed by atoms with Crippen LogP contribution in [0.25, 0.3) is 0 Å². The lowest BCUT2D eigenvalue weighted by Crippen LogP contribution is -2.35. The highest BCUT2D eigenvalue weighted by Gasteiger charge is 2.29. The fourth-order valence-corrected chi connectivity index (χ4v) is 2.87. The summed E-state index contributed by atoms with van der Waals surface area (Å²) in [5, 5.41) is 19.0. The van der Waals surface area contributed by atoms with Crippen molar-refractivity contribution in [3.8, 4) is 6.07 Å². The molecule has 20 heavy (non-hydrogen) atoms. The quantitative estimate of drug-likeness (QED) is 0.607. The number of rotatable bonds is 5. The molecule has 0 amide bonds. The van der Waals surface area contributed by atoms with E-state index in [4.69, 9.17) is 5.26 Å². The van der Waals surface area contributed by atoms with Gasteiger partial charge in [-0.2, -0.15) is 9.57 Å². The molecule has 0 N–H and O–H groups in total. The van der Waals surface area contributed by atoms with Crippen LogP contribution in [-0.4, -0.2) is 30.7 Å². The van der Waals surface area contributed by atoms with Gasteiger partial charge in [-0.15, -0.1) is 0 Å². The Balaban J connectivity index is 3.23. The molecule has 0 heterocycles. The second-order valence-electron chi connectivity index (χ2n) is 4.10. The van der Waals surface area contributed by atoms with Crippen molar-refractivity contribution in [3.05, 3.63) is 34.1 Å². The Morgan fingerprint density at radius 3 is 2.60 bits per heavy atom. The highest BCUT2D eigenvalue weighted by atomic mass is 32.2. The first-order valence-electron chi connectivity index (χ1n) is 5.50. The number of benzene rings is 1. The Hall–Kier alpha value is -2.05.